The molecule has 116 valence electrons. The molecule has 0 heterocycles. The first-order valence-corrected chi connectivity index (χ1v) is 8.91. The average molecular weight is 307 g/mol. The third-order valence-corrected chi connectivity index (χ3v) is 5.27. The van der Waals surface area contributed by atoms with E-state index in [9.17, 15) is 9.90 Å². The molecule has 0 aromatic heterocycles. The predicted octanol–water partition coefficient (Wildman–Crippen LogP) is 3.81. The van der Waals surface area contributed by atoms with E-state index in [4.69, 9.17) is 0 Å². The van der Waals surface area contributed by atoms with Gasteiger partial charge in [0.1, 0.15) is 5.75 Å². The summed E-state index contributed by atoms with van der Waals surface area (Å²) in [6, 6.07) is 5.65. The van der Waals surface area contributed by atoms with E-state index in [-0.39, 0.29) is 17.2 Å². The Kier molecular flexibility index (Phi) is 5.97. The van der Waals surface area contributed by atoms with Crippen molar-refractivity contribution in [1.29, 1.82) is 0 Å². The number of carbonyl (C=O) groups is 1. The number of nitrogens with one attached hydrogen (secondary N) is 1. The molecule has 21 heavy (non-hydrogen) atoms. The summed E-state index contributed by atoms with van der Waals surface area (Å²) in [5.74, 6) is 1.50. The van der Waals surface area contributed by atoms with E-state index < -0.39 is 0 Å². The molecule has 0 saturated heterocycles. The smallest absolute Gasteiger partial charge is 0.233 e. The van der Waals surface area contributed by atoms with Crippen molar-refractivity contribution in [3.63, 3.8) is 0 Å². The number of phenols is 1. The van der Waals surface area contributed by atoms with Crippen molar-refractivity contribution >= 4 is 17.7 Å². The van der Waals surface area contributed by atoms with Crippen LogP contribution in [0.5, 0.6) is 5.75 Å². The molecule has 1 aromatic rings. The molecule has 1 amide bonds. The monoisotopic (exact) mass is 307 g/mol. The summed E-state index contributed by atoms with van der Waals surface area (Å²) in [6.07, 6.45) is 5.18. The summed E-state index contributed by atoms with van der Waals surface area (Å²) in [7, 11) is 0. The summed E-state index contributed by atoms with van der Waals surface area (Å²) in [5.41, 5.74) is 2.08. The molecular formula is C17H25NO2S. The van der Waals surface area contributed by atoms with Crippen molar-refractivity contribution in [2.45, 2.75) is 57.2 Å². The Morgan fingerprint density at radius 1 is 1.52 bits per heavy atom. The van der Waals surface area contributed by atoms with Crippen molar-refractivity contribution in [2.24, 2.45) is 0 Å². The summed E-state index contributed by atoms with van der Waals surface area (Å²) in [6.45, 7) is 4.14. The van der Waals surface area contributed by atoms with Gasteiger partial charge < -0.3 is 10.4 Å². The lowest BCUT2D eigenvalue weighted by molar-refractivity contribution is -0.121. The van der Waals surface area contributed by atoms with Gasteiger partial charge in [-0.2, -0.15) is 0 Å². The zero-order chi connectivity index (χ0) is 15.2. The summed E-state index contributed by atoms with van der Waals surface area (Å²) in [4.78, 5) is 12.3. The number of hydrogen-bond acceptors (Lipinski definition) is 3. The third kappa shape index (κ3) is 4.16. The highest BCUT2D eigenvalue weighted by Gasteiger charge is 2.25. The zero-order valence-electron chi connectivity index (χ0n) is 12.9. The fraction of sp³-hybridized carbons (Fsp3) is 0.588. The van der Waals surface area contributed by atoms with Crippen molar-refractivity contribution in [3.05, 3.63) is 29.3 Å². The molecule has 2 N–H and O–H groups in total. The van der Waals surface area contributed by atoms with Crippen LogP contribution in [0.25, 0.3) is 0 Å². The lowest BCUT2D eigenvalue weighted by atomic mass is 9.87. The second-order valence-electron chi connectivity index (χ2n) is 5.66. The largest absolute Gasteiger partial charge is 0.508 e. The van der Waals surface area contributed by atoms with Gasteiger partial charge in [-0.25, -0.2) is 0 Å². The number of fused-ring (bicyclic) bond motifs is 1. The molecule has 0 unspecified atom stereocenters. The highest BCUT2D eigenvalue weighted by atomic mass is 32.2. The first-order valence-electron chi connectivity index (χ1n) is 7.86. The molecule has 0 radical (unpaired) electrons. The van der Waals surface area contributed by atoms with Gasteiger partial charge in [0.15, 0.2) is 0 Å². The first-order chi connectivity index (χ1) is 10.1. The Morgan fingerprint density at radius 2 is 2.33 bits per heavy atom. The first kappa shape index (κ1) is 16.2. The van der Waals surface area contributed by atoms with Crippen molar-refractivity contribution < 1.29 is 9.90 Å². The fourth-order valence-corrected chi connectivity index (χ4v) is 3.78. The maximum absolute atomic E-state index is 12.3. The van der Waals surface area contributed by atoms with E-state index in [0.29, 0.717) is 5.75 Å². The number of amides is 1. The van der Waals surface area contributed by atoms with E-state index in [1.54, 1.807) is 17.8 Å². The van der Waals surface area contributed by atoms with Crippen LogP contribution in [0.15, 0.2) is 18.2 Å². The van der Waals surface area contributed by atoms with Gasteiger partial charge in [-0.3, -0.25) is 4.79 Å². The molecule has 3 nitrogen and oxygen atoms in total. The average Bonchev–Trinajstić information content (AvgIpc) is 2.48. The Labute approximate surface area is 131 Å². The molecular weight excluding hydrogens is 282 g/mol. The molecule has 4 heteroatoms. The number of aromatic hydroxyl groups is 1. The van der Waals surface area contributed by atoms with E-state index in [0.717, 1.165) is 49.0 Å². The maximum Gasteiger partial charge on any atom is 0.233 e. The number of thioether (sulfide) groups is 1. The number of unbranched alkanes of at least 4 members (excludes halogenated alkanes) is 1. The maximum atomic E-state index is 12.3. The summed E-state index contributed by atoms with van der Waals surface area (Å²) in [5, 5.41) is 13.1. The SMILES string of the molecule is CCCCS[C@@H](C)C(=O)N[C@H]1CCCc2c(O)cccc21. The Hall–Kier alpha value is -1.16. The lowest BCUT2D eigenvalue weighted by Crippen LogP contribution is -2.36. The quantitative estimate of drug-likeness (QED) is 0.786. The van der Waals surface area contributed by atoms with Crippen LogP contribution in [0.3, 0.4) is 0 Å². The minimum absolute atomic E-state index is 0.0146. The number of phenolic OH excluding ortho intramolecular Hbond substituents is 1. The van der Waals surface area contributed by atoms with Gasteiger partial charge in [0.25, 0.3) is 0 Å². The van der Waals surface area contributed by atoms with E-state index in [1.165, 1.54) is 0 Å². The number of benzene rings is 1. The molecule has 0 fully saturated rings. The van der Waals surface area contributed by atoms with Crippen LogP contribution in [0.2, 0.25) is 0 Å². The van der Waals surface area contributed by atoms with Gasteiger partial charge in [-0.05, 0) is 55.6 Å². The van der Waals surface area contributed by atoms with Crippen LogP contribution in [0.1, 0.15) is 56.7 Å². The van der Waals surface area contributed by atoms with Crippen LogP contribution < -0.4 is 5.32 Å². The predicted molar refractivity (Wildman–Crippen MR) is 88.8 cm³/mol. The standard InChI is InChI=1S/C17H25NO2S/c1-3-4-11-21-12(2)17(20)18-15-9-5-8-14-13(15)7-6-10-16(14)19/h6-7,10,12,15,19H,3-5,8-9,11H2,1-2H3,(H,18,20)/t12-,15-/m0/s1. The van der Waals surface area contributed by atoms with Crippen LogP contribution in [-0.4, -0.2) is 22.0 Å². The molecule has 2 rings (SSSR count). The molecule has 1 aromatic carbocycles. The number of carbonyl (C=O) groups excluding carboxylic acids is 1. The van der Waals surface area contributed by atoms with Crippen LogP contribution in [0.4, 0.5) is 0 Å². The summed E-state index contributed by atoms with van der Waals surface area (Å²) < 4.78 is 0. The highest BCUT2D eigenvalue weighted by Crippen LogP contribution is 2.34. The highest BCUT2D eigenvalue weighted by molar-refractivity contribution is 8.00. The van der Waals surface area contributed by atoms with Crippen molar-refractivity contribution in [3.8, 4) is 5.75 Å². The molecule has 1 aliphatic rings. The molecule has 0 bridgehead atoms. The molecule has 1 aliphatic carbocycles. The normalized spacial score (nSPS) is 18.9. The van der Waals surface area contributed by atoms with Gasteiger partial charge in [0.2, 0.25) is 5.91 Å². The van der Waals surface area contributed by atoms with Crippen LogP contribution in [0, 0.1) is 0 Å². The van der Waals surface area contributed by atoms with E-state index in [1.807, 2.05) is 19.1 Å². The van der Waals surface area contributed by atoms with Crippen molar-refractivity contribution in [2.75, 3.05) is 5.75 Å². The fourth-order valence-electron chi connectivity index (χ4n) is 2.75. The molecule has 0 spiro atoms. The summed E-state index contributed by atoms with van der Waals surface area (Å²) >= 11 is 1.72. The second kappa shape index (κ2) is 7.74. The molecule has 0 aliphatic heterocycles. The Balaban J connectivity index is 1.98. The number of hydrogen-bond donors (Lipinski definition) is 2. The minimum atomic E-state index is -0.0146. The third-order valence-electron chi connectivity index (χ3n) is 4.03. The zero-order valence-corrected chi connectivity index (χ0v) is 13.7. The Morgan fingerprint density at radius 3 is 3.10 bits per heavy atom. The van der Waals surface area contributed by atoms with Gasteiger partial charge in [0, 0.05) is 0 Å². The van der Waals surface area contributed by atoms with Crippen LogP contribution >= 0.6 is 11.8 Å². The molecule has 2 atom stereocenters. The van der Waals surface area contributed by atoms with Gasteiger partial charge in [-0.15, -0.1) is 11.8 Å². The van der Waals surface area contributed by atoms with Crippen molar-refractivity contribution in [1.82, 2.24) is 5.32 Å². The number of rotatable bonds is 6. The molecule has 0 saturated carbocycles. The topological polar surface area (TPSA) is 49.3 Å². The minimum Gasteiger partial charge on any atom is -0.508 e. The van der Waals surface area contributed by atoms with Gasteiger partial charge >= 0.3 is 0 Å². The van der Waals surface area contributed by atoms with Crippen LogP contribution in [-0.2, 0) is 11.2 Å². The van der Waals surface area contributed by atoms with Gasteiger partial charge in [0.05, 0.1) is 11.3 Å². The van der Waals surface area contributed by atoms with E-state index in [2.05, 4.69) is 12.2 Å². The second-order valence-corrected chi connectivity index (χ2v) is 7.11. The lowest BCUT2D eigenvalue weighted by Gasteiger charge is -2.28. The van der Waals surface area contributed by atoms with E-state index >= 15 is 0 Å². The van der Waals surface area contributed by atoms with Gasteiger partial charge in [-0.1, -0.05) is 25.5 Å². The Bertz CT molecular complexity index is 490.